The number of hydrogen-bond acceptors (Lipinski definition) is 2. The number of carbonyl (C=O) groups is 1. The summed E-state index contributed by atoms with van der Waals surface area (Å²) in [5.41, 5.74) is 1.49. The fourth-order valence-electron chi connectivity index (χ4n) is 1.29. The van der Waals surface area contributed by atoms with Gasteiger partial charge in [-0.25, -0.2) is 4.79 Å². The molecule has 17 heavy (non-hydrogen) atoms. The van der Waals surface area contributed by atoms with Gasteiger partial charge in [-0.05, 0) is 33.3 Å². The highest BCUT2D eigenvalue weighted by Crippen LogP contribution is 2.13. The van der Waals surface area contributed by atoms with Crippen molar-refractivity contribution in [2.24, 2.45) is 5.10 Å². The van der Waals surface area contributed by atoms with E-state index in [1.807, 2.05) is 31.2 Å². The van der Waals surface area contributed by atoms with Gasteiger partial charge in [-0.3, -0.25) is 0 Å². The highest BCUT2D eigenvalue weighted by Gasteiger charge is 2.25. The van der Waals surface area contributed by atoms with E-state index in [0.717, 1.165) is 16.1 Å². The summed E-state index contributed by atoms with van der Waals surface area (Å²) in [6.45, 7) is 7.40. The smallest absolute Gasteiger partial charge is 0.428 e. The Labute approximate surface area is 102 Å². The molecule has 0 aliphatic rings. The molecule has 1 amide bonds. The third-order valence-electron chi connectivity index (χ3n) is 2.22. The van der Waals surface area contributed by atoms with Gasteiger partial charge < -0.3 is 5.11 Å². The molecule has 4 nitrogen and oxygen atoms in total. The summed E-state index contributed by atoms with van der Waals surface area (Å²) in [5, 5.41) is 14.1. The van der Waals surface area contributed by atoms with Crippen LogP contribution in [0.1, 0.15) is 31.9 Å². The van der Waals surface area contributed by atoms with Crippen LogP contribution in [-0.4, -0.2) is 28.0 Å². The van der Waals surface area contributed by atoms with E-state index in [1.165, 1.54) is 0 Å². The van der Waals surface area contributed by atoms with Gasteiger partial charge >= 0.3 is 6.09 Å². The minimum atomic E-state index is -1.05. The van der Waals surface area contributed by atoms with Crippen molar-refractivity contribution in [2.75, 3.05) is 0 Å². The first kappa shape index (κ1) is 13.2. The lowest BCUT2D eigenvalue weighted by Crippen LogP contribution is -2.41. The molecule has 0 unspecified atom stereocenters. The van der Waals surface area contributed by atoms with Crippen LogP contribution in [0.5, 0.6) is 0 Å². The van der Waals surface area contributed by atoms with Crippen molar-refractivity contribution in [3.05, 3.63) is 35.4 Å². The van der Waals surface area contributed by atoms with E-state index in [-0.39, 0.29) is 0 Å². The van der Waals surface area contributed by atoms with Crippen LogP contribution in [0.3, 0.4) is 0 Å². The molecule has 0 heterocycles. The SMILES string of the molecule is Cc1ccc(C=NN(C(=O)O)C(C)(C)C)cc1. The Kier molecular flexibility index (Phi) is 3.89. The van der Waals surface area contributed by atoms with Crippen molar-refractivity contribution in [3.8, 4) is 0 Å². The fraction of sp³-hybridized carbons (Fsp3) is 0.385. The molecule has 0 radical (unpaired) electrons. The lowest BCUT2D eigenvalue weighted by Gasteiger charge is -2.27. The number of rotatable bonds is 2. The summed E-state index contributed by atoms with van der Waals surface area (Å²) in [4.78, 5) is 11.0. The number of nitrogens with zero attached hydrogens (tertiary/aromatic N) is 2. The fourth-order valence-corrected chi connectivity index (χ4v) is 1.29. The monoisotopic (exact) mass is 234 g/mol. The molecular weight excluding hydrogens is 216 g/mol. The Bertz CT molecular complexity index is 416. The van der Waals surface area contributed by atoms with Gasteiger partial charge in [0.1, 0.15) is 0 Å². The van der Waals surface area contributed by atoms with Crippen molar-refractivity contribution < 1.29 is 9.90 Å². The zero-order chi connectivity index (χ0) is 13.1. The largest absolute Gasteiger partial charge is 0.464 e. The van der Waals surface area contributed by atoms with E-state index in [4.69, 9.17) is 5.11 Å². The van der Waals surface area contributed by atoms with Gasteiger partial charge in [-0.2, -0.15) is 10.1 Å². The molecule has 0 fully saturated rings. The number of carboxylic acid groups (broad SMARTS) is 1. The first-order valence-electron chi connectivity index (χ1n) is 5.44. The van der Waals surface area contributed by atoms with Gasteiger partial charge in [-0.1, -0.05) is 29.8 Å². The molecule has 0 aliphatic heterocycles. The quantitative estimate of drug-likeness (QED) is 0.631. The molecule has 0 atom stereocenters. The standard InChI is InChI=1S/C13H18N2O2/c1-10-5-7-11(8-6-10)9-14-15(12(16)17)13(2,3)4/h5-9H,1-4H3,(H,16,17). The Morgan fingerprint density at radius 2 is 1.82 bits per heavy atom. The second-order valence-corrected chi connectivity index (χ2v) is 4.92. The Morgan fingerprint density at radius 1 is 1.29 bits per heavy atom. The molecule has 4 heteroatoms. The summed E-state index contributed by atoms with van der Waals surface area (Å²) in [6, 6.07) is 7.73. The van der Waals surface area contributed by atoms with Crippen LogP contribution in [0, 0.1) is 6.92 Å². The van der Waals surface area contributed by atoms with Crippen LogP contribution >= 0.6 is 0 Å². The topological polar surface area (TPSA) is 52.9 Å². The highest BCUT2D eigenvalue weighted by molar-refractivity contribution is 5.80. The maximum Gasteiger partial charge on any atom is 0.428 e. The highest BCUT2D eigenvalue weighted by atomic mass is 16.4. The van der Waals surface area contributed by atoms with E-state index in [0.29, 0.717) is 0 Å². The maximum absolute atomic E-state index is 11.0. The minimum absolute atomic E-state index is 0.549. The Balaban J connectivity index is 2.87. The molecule has 1 N–H and O–H groups in total. The predicted molar refractivity (Wildman–Crippen MR) is 68.4 cm³/mol. The summed E-state index contributed by atoms with van der Waals surface area (Å²) in [5.74, 6) is 0. The van der Waals surface area contributed by atoms with E-state index in [1.54, 1.807) is 27.0 Å². The first-order valence-corrected chi connectivity index (χ1v) is 5.44. The first-order chi connectivity index (χ1) is 7.80. The third-order valence-corrected chi connectivity index (χ3v) is 2.22. The average molecular weight is 234 g/mol. The lowest BCUT2D eigenvalue weighted by molar-refractivity contribution is 0.103. The van der Waals surface area contributed by atoms with Crippen LogP contribution < -0.4 is 0 Å². The normalized spacial score (nSPS) is 11.8. The van der Waals surface area contributed by atoms with Crippen molar-refractivity contribution in [3.63, 3.8) is 0 Å². The molecule has 92 valence electrons. The lowest BCUT2D eigenvalue weighted by atomic mass is 10.1. The Hall–Kier alpha value is -1.84. The minimum Gasteiger partial charge on any atom is -0.464 e. The number of amides is 1. The molecular formula is C13H18N2O2. The maximum atomic E-state index is 11.0. The van der Waals surface area contributed by atoms with E-state index >= 15 is 0 Å². The van der Waals surface area contributed by atoms with Crippen molar-refractivity contribution >= 4 is 12.3 Å². The van der Waals surface area contributed by atoms with E-state index < -0.39 is 11.6 Å². The van der Waals surface area contributed by atoms with Crippen molar-refractivity contribution in [2.45, 2.75) is 33.2 Å². The van der Waals surface area contributed by atoms with Gasteiger partial charge in [0.05, 0.1) is 11.8 Å². The summed E-state index contributed by atoms with van der Waals surface area (Å²) in [7, 11) is 0. The number of aryl methyl sites for hydroxylation is 1. The molecule has 1 rings (SSSR count). The van der Waals surface area contributed by atoms with Crippen LogP contribution in [-0.2, 0) is 0 Å². The second kappa shape index (κ2) is 4.99. The Morgan fingerprint density at radius 3 is 2.24 bits per heavy atom. The second-order valence-electron chi connectivity index (χ2n) is 4.92. The van der Waals surface area contributed by atoms with Gasteiger partial charge in [0.25, 0.3) is 0 Å². The summed E-state index contributed by atoms with van der Waals surface area (Å²) in [6.07, 6.45) is 0.500. The zero-order valence-corrected chi connectivity index (χ0v) is 10.6. The van der Waals surface area contributed by atoms with Gasteiger partial charge in [-0.15, -0.1) is 0 Å². The average Bonchev–Trinajstić information content (AvgIpc) is 2.18. The molecule has 1 aromatic rings. The summed E-state index contributed by atoms with van der Waals surface area (Å²) < 4.78 is 0. The summed E-state index contributed by atoms with van der Waals surface area (Å²) >= 11 is 0. The van der Waals surface area contributed by atoms with E-state index in [9.17, 15) is 4.79 Å². The molecule has 0 saturated heterocycles. The number of hydrazone groups is 1. The van der Waals surface area contributed by atoms with Crippen LogP contribution in [0.4, 0.5) is 4.79 Å². The molecule has 0 saturated carbocycles. The van der Waals surface area contributed by atoms with E-state index in [2.05, 4.69) is 5.10 Å². The number of benzene rings is 1. The third kappa shape index (κ3) is 3.90. The van der Waals surface area contributed by atoms with Crippen molar-refractivity contribution in [1.29, 1.82) is 0 Å². The molecule has 1 aromatic carbocycles. The predicted octanol–water partition coefficient (Wildman–Crippen LogP) is 3.11. The molecule has 0 bridgehead atoms. The zero-order valence-electron chi connectivity index (χ0n) is 10.6. The number of hydrogen-bond donors (Lipinski definition) is 1. The van der Waals surface area contributed by atoms with Crippen LogP contribution in [0.2, 0.25) is 0 Å². The molecule has 0 aromatic heterocycles. The van der Waals surface area contributed by atoms with Crippen molar-refractivity contribution in [1.82, 2.24) is 5.01 Å². The van der Waals surface area contributed by atoms with Crippen LogP contribution in [0.15, 0.2) is 29.4 Å². The van der Waals surface area contributed by atoms with Gasteiger partial charge in [0, 0.05) is 0 Å². The molecule has 0 aliphatic carbocycles. The van der Waals surface area contributed by atoms with Crippen LogP contribution in [0.25, 0.3) is 0 Å². The molecule has 0 spiro atoms. The van der Waals surface area contributed by atoms with Gasteiger partial charge in [0.2, 0.25) is 0 Å². The van der Waals surface area contributed by atoms with Gasteiger partial charge in [0.15, 0.2) is 0 Å².